The van der Waals surface area contributed by atoms with Crippen molar-refractivity contribution in [2.45, 2.75) is 13.8 Å². The molecule has 0 unspecified atom stereocenters. The lowest BCUT2D eigenvalue weighted by Crippen LogP contribution is -1.93. The average Bonchev–Trinajstić information content (AvgIpc) is 2.21. The van der Waals surface area contributed by atoms with E-state index in [-0.39, 0.29) is 11.5 Å². The molecule has 0 saturated carbocycles. The van der Waals surface area contributed by atoms with E-state index in [0.717, 1.165) is 4.47 Å². The summed E-state index contributed by atoms with van der Waals surface area (Å²) in [5, 5.41) is 9.85. The summed E-state index contributed by atoms with van der Waals surface area (Å²) in [6.45, 7) is 3.76. The first kappa shape index (κ1) is 12.8. The predicted octanol–water partition coefficient (Wildman–Crippen LogP) is 3.16. The number of ether oxygens (including phenoxy) is 1. The summed E-state index contributed by atoms with van der Waals surface area (Å²) in [4.78, 5) is 10.8. The topological polar surface area (TPSA) is 46.5 Å². The first-order chi connectivity index (χ1) is 7.54. The number of phenols is 1. The quantitative estimate of drug-likeness (QED) is 0.864. The van der Waals surface area contributed by atoms with Crippen molar-refractivity contribution in [1.29, 1.82) is 0 Å². The highest BCUT2D eigenvalue weighted by Gasteiger charge is 2.08. The van der Waals surface area contributed by atoms with Gasteiger partial charge in [0.25, 0.3) is 0 Å². The van der Waals surface area contributed by atoms with Crippen molar-refractivity contribution in [2.75, 3.05) is 6.61 Å². The maximum absolute atomic E-state index is 10.8. The van der Waals surface area contributed by atoms with Crippen LogP contribution in [0.2, 0.25) is 0 Å². The number of phenolic OH excluding ortho intramolecular Hbond substituents is 1. The van der Waals surface area contributed by atoms with Crippen LogP contribution >= 0.6 is 15.9 Å². The van der Waals surface area contributed by atoms with Crippen LogP contribution in [0.5, 0.6) is 11.5 Å². The van der Waals surface area contributed by atoms with Gasteiger partial charge in [-0.3, -0.25) is 4.79 Å². The van der Waals surface area contributed by atoms with Crippen molar-refractivity contribution in [3.63, 3.8) is 0 Å². The molecule has 4 heteroatoms. The fourth-order valence-electron chi connectivity index (χ4n) is 1.19. The first-order valence-electron chi connectivity index (χ1n) is 4.88. The van der Waals surface area contributed by atoms with Crippen LogP contribution in [0.15, 0.2) is 22.7 Å². The summed E-state index contributed by atoms with van der Waals surface area (Å²) >= 11 is 3.31. The van der Waals surface area contributed by atoms with E-state index in [1.807, 2.05) is 6.92 Å². The molecule has 0 amide bonds. The zero-order chi connectivity index (χ0) is 12.1. The second kappa shape index (κ2) is 5.70. The van der Waals surface area contributed by atoms with E-state index < -0.39 is 0 Å². The van der Waals surface area contributed by atoms with Crippen LogP contribution in [0.25, 0.3) is 6.08 Å². The van der Waals surface area contributed by atoms with Gasteiger partial charge in [0.05, 0.1) is 6.61 Å². The Labute approximate surface area is 103 Å². The Morgan fingerprint density at radius 3 is 2.81 bits per heavy atom. The number of allylic oxidation sites excluding steroid dienone is 1. The molecule has 1 N–H and O–H groups in total. The molecule has 0 radical (unpaired) electrons. The van der Waals surface area contributed by atoms with Gasteiger partial charge < -0.3 is 9.84 Å². The van der Waals surface area contributed by atoms with Gasteiger partial charge in [-0.2, -0.15) is 0 Å². The summed E-state index contributed by atoms with van der Waals surface area (Å²) in [5.41, 5.74) is 0.549. The SMILES string of the molecule is CCOc1cc(Br)cc(/C=C/C(C)=O)c1O. The Kier molecular flexibility index (Phi) is 4.55. The van der Waals surface area contributed by atoms with Crippen LogP contribution in [0.1, 0.15) is 19.4 Å². The summed E-state index contributed by atoms with van der Waals surface area (Å²) < 4.78 is 6.05. The fourth-order valence-corrected chi connectivity index (χ4v) is 1.65. The van der Waals surface area contributed by atoms with Crippen LogP contribution in [0, 0.1) is 0 Å². The third-order valence-corrected chi connectivity index (χ3v) is 2.32. The minimum absolute atomic E-state index is 0.0440. The summed E-state index contributed by atoms with van der Waals surface area (Å²) in [7, 11) is 0. The number of rotatable bonds is 4. The molecule has 1 aromatic carbocycles. The lowest BCUT2D eigenvalue weighted by atomic mass is 10.1. The van der Waals surface area contributed by atoms with Gasteiger partial charge in [-0.1, -0.05) is 15.9 Å². The Hall–Kier alpha value is -1.29. The van der Waals surface area contributed by atoms with E-state index in [0.29, 0.717) is 17.9 Å². The van der Waals surface area contributed by atoms with Crippen LogP contribution < -0.4 is 4.74 Å². The van der Waals surface area contributed by atoms with Gasteiger partial charge in [0.2, 0.25) is 0 Å². The van der Waals surface area contributed by atoms with Crippen molar-refractivity contribution >= 4 is 27.8 Å². The summed E-state index contributed by atoms with van der Waals surface area (Å²) in [6, 6.07) is 3.40. The van der Waals surface area contributed by atoms with Gasteiger partial charge in [-0.05, 0) is 38.1 Å². The molecule has 86 valence electrons. The number of hydrogen-bond donors (Lipinski definition) is 1. The van der Waals surface area contributed by atoms with E-state index >= 15 is 0 Å². The lowest BCUT2D eigenvalue weighted by molar-refractivity contribution is -0.112. The standard InChI is InChI=1S/C12H13BrO3/c1-3-16-11-7-10(13)6-9(12(11)15)5-4-8(2)14/h4-7,15H,3H2,1-2H3/b5-4+. The largest absolute Gasteiger partial charge is 0.504 e. The number of aromatic hydroxyl groups is 1. The Balaban J connectivity index is 3.13. The Morgan fingerprint density at radius 2 is 2.25 bits per heavy atom. The third kappa shape index (κ3) is 3.38. The van der Waals surface area contributed by atoms with Crippen LogP contribution in [0.4, 0.5) is 0 Å². The van der Waals surface area contributed by atoms with Gasteiger partial charge in [0.15, 0.2) is 17.3 Å². The predicted molar refractivity (Wildman–Crippen MR) is 66.7 cm³/mol. The maximum atomic E-state index is 10.8. The van der Waals surface area contributed by atoms with E-state index in [1.165, 1.54) is 13.0 Å². The highest BCUT2D eigenvalue weighted by Crippen LogP contribution is 2.34. The number of ketones is 1. The van der Waals surface area contributed by atoms with Crippen molar-refractivity contribution in [3.05, 3.63) is 28.2 Å². The van der Waals surface area contributed by atoms with Gasteiger partial charge in [0.1, 0.15) is 0 Å². The molecule has 0 aliphatic heterocycles. The minimum Gasteiger partial charge on any atom is -0.504 e. The van der Waals surface area contributed by atoms with E-state index in [1.54, 1.807) is 18.2 Å². The number of carbonyl (C=O) groups is 1. The van der Waals surface area contributed by atoms with Crippen molar-refractivity contribution in [1.82, 2.24) is 0 Å². The molecule has 0 spiro atoms. The van der Waals surface area contributed by atoms with Gasteiger partial charge in [-0.15, -0.1) is 0 Å². The second-order valence-corrected chi connectivity index (χ2v) is 4.13. The van der Waals surface area contributed by atoms with E-state index in [4.69, 9.17) is 4.74 Å². The maximum Gasteiger partial charge on any atom is 0.165 e. The van der Waals surface area contributed by atoms with Crippen molar-refractivity contribution in [3.8, 4) is 11.5 Å². The van der Waals surface area contributed by atoms with Crippen molar-refractivity contribution < 1.29 is 14.6 Å². The molecule has 0 atom stereocenters. The van der Waals surface area contributed by atoms with Crippen LogP contribution in [0.3, 0.4) is 0 Å². The molecule has 0 bridgehead atoms. The molecule has 3 nitrogen and oxygen atoms in total. The molecule has 0 fully saturated rings. The highest BCUT2D eigenvalue weighted by atomic mass is 79.9. The van der Waals surface area contributed by atoms with Crippen molar-refractivity contribution in [2.24, 2.45) is 0 Å². The van der Waals surface area contributed by atoms with Gasteiger partial charge >= 0.3 is 0 Å². The lowest BCUT2D eigenvalue weighted by Gasteiger charge is -2.08. The zero-order valence-corrected chi connectivity index (χ0v) is 10.7. The van der Waals surface area contributed by atoms with E-state index in [2.05, 4.69) is 15.9 Å². The average molecular weight is 285 g/mol. The molecular formula is C12H13BrO3. The monoisotopic (exact) mass is 284 g/mol. The smallest absolute Gasteiger partial charge is 0.165 e. The number of halogens is 1. The third-order valence-electron chi connectivity index (χ3n) is 1.87. The molecular weight excluding hydrogens is 272 g/mol. The normalized spacial score (nSPS) is 10.7. The molecule has 0 aliphatic carbocycles. The molecule has 0 aromatic heterocycles. The highest BCUT2D eigenvalue weighted by molar-refractivity contribution is 9.10. The van der Waals surface area contributed by atoms with Crippen LogP contribution in [-0.2, 0) is 4.79 Å². The number of carbonyl (C=O) groups excluding carboxylic acids is 1. The summed E-state index contributed by atoms with van der Waals surface area (Å²) in [5.74, 6) is 0.375. The molecule has 1 rings (SSSR count). The first-order valence-corrected chi connectivity index (χ1v) is 5.68. The minimum atomic E-state index is -0.0719. The van der Waals surface area contributed by atoms with Gasteiger partial charge in [-0.25, -0.2) is 0 Å². The molecule has 0 saturated heterocycles. The summed E-state index contributed by atoms with van der Waals surface area (Å²) in [6.07, 6.45) is 2.96. The van der Waals surface area contributed by atoms with Gasteiger partial charge in [0, 0.05) is 10.0 Å². The zero-order valence-electron chi connectivity index (χ0n) is 9.16. The molecule has 0 heterocycles. The molecule has 1 aromatic rings. The Morgan fingerprint density at radius 1 is 1.56 bits per heavy atom. The molecule has 16 heavy (non-hydrogen) atoms. The second-order valence-electron chi connectivity index (χ2n) is 3.22. The Bertz CT molecular complexity index is 425. The number of benzene rings is 1. The van der Waals surface area contributed by atoms with E-state index in [9.17, 15) is 9.90 Å². The fraction of sp³-hybridized carbons (Fsp3) is 0.250. The van der Waals surface area contributed by atoms with Crippen LogP contribution in [-0.4, -0.2) is 17.5 Å². The number of hydrogen-bond acceptors (Lipinski definition) is 3. The molecule has 0 aliphatic rings.